The Balaban J connectivity index is 2.36. The van der Waals surface area contributed by atoms with Gasteiger partial charge in [-0.1, -0.05) is 6.92 Å². The first kappa shape index (κ1) is 14.5. The number of hydrogen-bond donors (Lipinski definition) is 1. The molecular formula is C13H23N3O2S. The minimum Gasteiger partial charge on any atom is -0.313 e. The van der Waals surface area contributed by atoms with Crippen LogP contribution in [0.2, 0.25) is 0 Å². The Labute approximate surface area is 115 Å². The van der Waals surface area contributed by atoms with Gasteiger partial charge in [-0.15, -0.1) is 0 Å². The number of aryl methyl sites for hydroxylation is 1. The molecule has 0 aliphatic carbocycles. The lowest BCUT2D eigenvalue weighted by Gasteiger charge is -2.24. The molecule has 1 N–H and O–H groups in total. The Bertz CT molecular complexity index is 577. The third-order valence-corrected chi connectivity index (χ3v) is 5.87. The molecule has 0 spiro atoms. The highest BCUT2D eigenvalue weighted by molar-refractivity contribution is 7.91. The minimum absolute atomic E-state index is 0.197. The number of nitrogens with zero attached hydrogens (tertiary/aromatic N) is 2. The van der Waals surface area contributed by atoms with Crippen molar-refractivity contribution in [3.8, 4) is 0 Å². The molecule has 1 aromatic rings. The lowest BCUT2D eigenvalue weighted by molar-refractivity contribution is 0.320. The van der Waals surface area contributed by atoms with E-state index in [9.17, 15) is 8.42 Å². The fraction of sp³-hybridized carbons (Fsp3) is 0.769. The van der Waals surface area contributed by atoms with E-state index in [0.717, 1.165) is 24.5 Å². The molecule has 1 aliphatic rings. The summed E-state index contributed by atoms with van der Waals surface area (Å²) >= 11 is 0. The number of hydrogen-bond acceptors (Lipinski definition) is 4. The van der Waals surface area contributed by atoms with Crippen molar-refractivity contribution >= 4 is 9.84 Å². The van der Waals surface area contributed by atoms with E-state index in [-0.39, 0.29) is 11.5 Å². The van der Waals surface area contributed by atoms with Crippen molar-refractivity contribution in [3.63, 3.8) is 0 Å². The van der Waals surface area contributed by atoms with E-state index in [1.54, 1.807) is 0 Å². The highest BCUT2D eigenvalue weighted by Gasteiger charge is 2.41. The monoisotopic (exact) mass is 285 g/mol. The van der Waals surface area contributed by atoms with Gasteiger partial charge in [0.15, 0.2) is 9.84 Å². The fourth-order valence-corrected chi connectivity index (χ4v) is 4.98. The predicted molar refractivity (Wildman–Crippen MR) is 76.0 cm³/mol. The van der Waals surface area contributed by atoms with E-state index in [1.807, 2.05) is 25.5 Å². The molecule has 0 saturated carbocycles. The Kier molecular flexibility index (Phi) is 3.75. The second-order valence-electron chi connectivity index (χ2n) is 5.68. The molecular weight excluding hydrogens is 262 g/mol. The molecule has 0 amide bonds. The van der Waals surface area contributed by atoms with E-state index >= 15 is 0 Å². The van der Waals surface area contributed by atoms with Gasteiger partial charge in [0, 0.05) is 17.8 Å². The second-order valence-corrected chi connectivity index (χ2v) is 7.86. The van der Waals surface area contributed by atoms with Crippen molar-refractivity contribution < 1.29 is 8.42 Å². The van der Waals surface area contributed by atoms with Gasteiger partial charge in [-0.2, -0.15) is 5.10 Å². The number of sulfone groups is 1. The topological polar surface area (TPSA) is 64.0 Å². The van der Waals surface area contributed by atoms with Crippen molar-refractivity contribution in [2.24, 2.45) is 0 Å². The molecule has 108 valence electrons. The van der Waals surface area contributed by atoms with Gasteiger partial charge < -0.3 is 5.32 Å². The van der Waals surface area contributed by atoms with E-state index in [0.29, 0.717) is 6.42 Å². The molecule has 1 saturated heterocycles. The third-order valence-electron chi connectivity index (χ3n) is 3.99. The fourth-order valence-electron chi connectivity index (χ4n) is 2.87. The van der Waals surface area contributed by atoms with Crippen molar-refractivity contribution in [3.05, 3.63) is 17.0 Å². The SMILES string of the molecule is CCNCc1c(C)nn(C2(C)CCS(=O)(=O)C2)c1C. The average Bonchev–Trinajstić information content (AvgIpc) is 2.76. The quantitative estimate of drug-likeness (QED) is 0.901. The number of nitrogens with one attached hydrogen (secondary N) is 1. The van der Waals surface area contributed by atoms with Gasteiger partial charge in [0.1, 0.15) is 0 Å². The van der Waals surface area contributed by atoms with Crippen LogP contribution in [0.15, 0.2) is 0 Å². The first-order valence-electron chi connectivity index (χ1n) is 6.76. The normalized spacial score (nSPS) is 25.9. The maximum Gasteiger partial charge on any atom is 0.152 e. The van der Waals surface area contributed by atoms with Gasteiger partial charge in [0.05, 0.1) is 22.7 Å². The molecule has 19 heavy (non-hydrogen) atoms. The van der Waals surface area contributed by atoms with Crippen LogP contribution in [0, 0.1) is 13.8 Å². The first-order chi connectivity index (χ1) is 8.79. The Morgan fingerprint density at radius 1 is 1.42 bits per heavy atom. The lowest BCUT2D eigenvalue weighted by atomic mass is 10.0. The van der Waals surface area contributed by atoms with Crippen molar-refractivity contribution in [1.82, 2.24) is 15.1 Å². The third kappa shape index (κ3) is 2.69. The summed E-state index contributed by atoms with van der Waals surface area (Å²) in [6.45, 7) is 9.78. The largest absolute Gasteiger partial charge is 0.313 e. The van der Waals surface area contributed by atoms with Crippen LogP contribution in [0.5, 0.6) is 0 Å². The summed E-state index contributed by atoms with van der Waals surface area (Å²) in [6, 6.07) is 0. The molecule has 2 rings (SSSR count). The summed E-state index contributed by atoms with van der Waals surface area (Å²) in [6.07, 6.45) is 0.651. The van der Waals surface area contributed by atoms with Crippen LogP contribution < -0.4 is 5.32 Å². The molecule has 0 radical (unpaired) electrons. The second kappa shape index (κ2) is 4.90. The van der Waals surface area contributed by atoms with Crippen LogP contribution in [0.4, 0.5) is 0 Å². The van der Waals surface area contributed by atoms with Gasteiger partial charge in [0.2, 0.25) is 0 Å². The summed E-state index contributed by atoms with van der Waals surface area (Å²) in [7, 11) is -2.92. The van der Waals surface area contributed by atoms with Gasteiger partial charge >= 0.3 is 0 Å². The van der Waals surface area contributed by atoms with Crippen LogP contribution in [0.1, 0.15) is 37.2 Å². The molecule has 1 fully saturated rings. The van der Waals surface area contributed by atoms with Crippen LogP contribution in [-0.2, 0) is 21.9 Å². The zero-order valence-electron chi connectivity index (χ0n) is 12.2. The standard InChI is InChI=1S/C13H23N3O2S/c1-5-14-8-12-10(2)15-16(11(12)3)13(4)6-7-19(17,18)9-13/h14H,5-9H2,1-4H3. The van der Waals surface area contributed by atoms with Crippen LogP contribution in [-0.4, -0.2) is 36.2 Å². The summed E-state index contributed by atoms with van der Waals surface area (Å²) < 4.78 is 25.4. The molecule has 1 aliphatic heterocycles. The summed E-state index contributed by atoms with van der Waals surface area (Å²) in [5.41, 5.74) is 2.87. The molecule has 6 heteroatoms. The molecule has 1 atom stereocenters. The summed E-state index contributed by atoms with van der Waals surface area (Å²) in [5, 5.41) is 7.90. The van der Waals surface area contributed by atoms with Crippen LogP contribution in [0.25, 0.3) is 0 Å². The number of rotatable bonds is 4. The zero-order valence-corrected chi connectivity index (χ0v) is 13.0. The Hall–Kier alpha value is -0.880. The van der Waals surface area contributed by atoms with Gasteiger partial charge in [0.25, 0.3) is 0 Å². The Morgan fingerprint density at radius 2 is 2.11 bits per heavy atom. The van der Waals surface area contributed by atoms with Crippen molar-refractivity contribution in [2.75, 3.05) is 18.1 Å². The van der Waals surface area contributed by atoms with E-state index < -0.39 is 15.4 Å². The molecule has 0 aromatic carbocycles. The minimum atomic E-state index is -2.92. The molecule has 1 aromatic heterocycles. The van der Waals surface area contributed by atoms with Crippen LogP contribution >= 0.6 is 0 Å². The Morgan fingerprint density at radius 3 is 2.63 bits per heavy atom. The van der Waals surface area contributed by atoms with Crippen LogP contribution in [0.3, 0.4) is 0 Å². The zero-order chi connectivity index (χ0) is 14.3. The highest BCUT2D eigenvalue weighted by atomic mass is 32.2. The summed E-state index contributed by atoms with van der Waals surface area (Å²) in [5.74, 6) is 0.465. The van der Waals surface area contributed by atoms with Crippen molar-refractivity contribution in [1.29, 1.82) is 0 Å². The number of aromatic nitrogens is 2. The van der Waals surface area contributed by atoms with Gasteiger partial charge in [-0.25, -0.2) is 8.42 Å². The molecule has 0 bridgehead atoms. The van der Waals surface area contributed by atoms with E-state index in [4.69, 9.17) is 0 Å². The highest BCUT2D eigenvalue weighted by Crippen LogP contribution is 2.32. The maximum absolute atomic E-state index is 11.7. The van der Waals surface area contributed by atoms with Crippen molar-refractivity contribution in [2.45, 2.75) is 46.2 Å². The van der Waals surface area contributed by atoms with E-state index in [1.165, 1.54) is 5.56 Å². The van der Waals surface area contributed by atoms with Gasteiger partial charge in [-0.05, 0) is 33.7 Å². The summed E-state index contributed by atoms with van der Waals surface area (Å²) in [4.78, 5) is 0. The lowest BCUT2D eigenvalue weighted by Crippen LogP contribution is -2.33. The molecule has 2 heterocycles. The maximum atomic E-state index is 11.7. The smallest absolute Gasteiger partial charge is 0.152 e. The molecule has 1 unspecified atom stereocenters. The predicted octanol–water partition coefficient (Wildman–Crippen LogP) is 1.14. The molecule has 5 nitrogen and oxygen atoms in total. The average molecular weight is 285 g/mol. The van der Waals surface area contributed by atoms with E-state index in [2.05, 4.69) is 17.3 Å². The van der Waals surface area contributed by atoms with Gasteiger partial charge in [-0.3, -0.25) is 4.68 Å². The first-order valence-corrected chi connectivity index (χ1v) is 8.58.